The van der Waals surface area contributed by atoms with E-state index in [1.165, 1.54) is 18.2 Å². The molecule has 0 aliphatic heterocycles. The second kappa shape index (κ2) is 4.39. The van der Waals surface area contributed by atoms with Crippen LogP contribution in [-0.2, 0) is 0 Å². The van der Waals surface area contributed by atoms with E-state index in [9.17, 15) is 14.4 Å². The largest absolute Gasteiger partial charge is 0.494 e. The summed E-state index contributed by atoms with van der Waals surface area (Å²) in [6, 6.07) is 7.49. The zero-order chi connectivity index (χ0) is 15.3. The Bertz CT molecular complexity index is 1030. The summed E-state index contributed by atoms with van der Waals surface area (Å²) in [5, 5.41) is 14.4. The van der Waals surface area contributed by atoms with Crippen molar-refractivity contribution < 1.29 is 9.50 Å². The molecule has 0 fully saturated rings. The highest BCUT2D eigenvalue weighted by Crippen LogP contribution is 2.43. The molecule has 4 rings (SSSR count). The van der Waals surface area contributed by atoms with E-state index in [1.54, 1.807) is 18.3 Å². The van der Waals surface area contributed by atoms with Crippen molar-refractivity contribution >= 4 is 27.6 Å². The Hall–Kier alpha value is -3.22. The minimum absolute atomic E-state index is 0.156. The van der Waals surface area contributed by atoms with Gasteiger partial charge in [0.15, 0.2) is 5.88 Å². The van der Waals surface area contributed by atoms with Crippen LogP contribution in [0, 0.1) is 10.7 Å². The van der Waals surface area contributed by atoms with Gasteiger partial charge in [0.2, 0.25) is 0 Å². The number of halogens is 1. The van der Waals surface area contributed by atoms with E-state index >= 15 is 0 Å². The minimum Gasteiger partial charge on any atom is -0.494 e. The second-order valence-electron chi connectivity index (χ2n) is 4.88. The molecule has 3 N–H and O–H groups in total. The summed E-state index contributed by atoms with van der Waals surface area (Å²) < 4.78 is 13.3. The smallest absolute Gasteiger partial charge is 0.199 e. The highest BCUT2D eigenvalue weighted by molar-refractivity contribution is 6.06. The third-order valence-electron chi connectivity index (χ3n) is 3.63. The van der Waals surface area contributed by atoms with Gasteiger partial charge in [-0.2, -0.15) is 0 Å². The lowest BCUT2D eigenvalue weighted by Crippen LogP contribution is -1.78. The van der Waals surface area contributed by atoms with E-state index in [-0.39, 0.29) is 11.6 Å². The van der Waals surface area contributed by atoms with Gasteiger partial charge in [-0.1, -0.05) is 0 Å². The first-order chi connectivity index (χ1) is 10.7. The van der Waals surface area contributed by atoms with Crippen molar-refractivity contribution in [3.63, 3.8) is 0 Å². The van der Waals surface area contributed by atoms with E-state index in [0.29, 0.717) is 33.2 Å². The number of benzene rings is 1. The molecule has 3 aromatic heterocycles. The van der Waals surface area contributed by atoms with Crippen LogP contribution in [0.5, 0.6) is 5.88 Å². The Morgan fingerprint density at radius 1 is 1.18 bits per heavy atom. The maximum atomic E-state index is 13.3. The number of H-pyrrole nitrogens is 2. The summed E-state index contributed by atoms with van der Waals surface area (Å²) in [5.41, 5.74) is 1.78. The molecule has 108 valence electrons. The van der Waals surface area contributed by atoms with Crippen LogP contribution >= 0.6 is 0 Å². The topological polar surface area (TPSA) is 94.1 Å². The fraction of sp³-hybridized carbons (Fsp3) is 0. The van der Waals surface area contributed by atoms with Gasteiger partial charge in [-0.25, -0.2) is 9.37 Å². The van der Waals surface area contributed by atoms with Gasteiger partial charge >= 0.3 is 0 Å². The van der Waals surface area contributed by atoms with Crippen LogP contribution in [-0.4, -0.2) is 20.1 Å². The molecule has 6 nitrogen and oxygen atoms in total. The Kier molecular flexibility index (Phi) is 2.50. The van der Waals surface area contributed by atoms with Gasteiger partial charge in [0, 0.05) is 17.0 Å². The number of hydrogen-bond acceptors (Lipinski definition) is 4. The number of hydrogen-bond donors (Lipinski definition) is 3. The van der Waals surface area contributed by atoms with Crippen molar-refractivity contribution in [3.05, 3.63) is 47.3 Å². The normalized spacial score (nSPS) is 11.3. The number of aromatic nitrogens is 3. The summed E-state index contributed by atoms with van der Waals surface area (Å²) in [7, 11) is 0. The number of nitrogens with one attached hydrogen (secondary N) is 2. The number of aromatic amines is 2. The average molecular weight is 296 g/mol. The van der Waals surface area contributed by atoms with Crippen molar-refractivity contribution in [2.24, 2.45) is 5.18 Å². The number of aromatic hydroxyl groups is 1. The lowest BCUT2D eigenvalue weighted by atomic mass is 10.1. The van der Waals surface area contributed by atoms with Crippen molar-refractivity contribution in [1.29, 1.82) is 0 Å². The summed E-state index contributed by atoms with van der Waals surface area (Å²) in [6.45, 7) is 0. The van der Waals surface area contributed by atoms with E-state index in [1.807, 2.05) is 0 Å². The summed E-state index contributed by atoms with van der Waals surface area (Å²) in [4.78, 5) is 21.1. The fourth-order valence-electron chi connectivity index (χ4n) is 2.69. The third kappa shape index (κ3) is 1.62. The Morgan fingerprint density at radius 3 is 2.86 bits per heavy atom. The molecule has 0 saturated carbocycles. The van der Waals surface area contributed by atoms with E-state index < -0.39 is 5.82 Å². The standard InChI is InChI=1S/C15H9FN4O2/c16-7-3-4-8-10(6-7)18-15(21)11(8)13-12(20-22)9-2-1-5-17-14(9)19-13/h1-6,18,21H,(H,17,19). The van der Waals surface area contributed by atoms with Crippen molar-refractivity contribution in [2.45, 2.75) is 0 Å². The van der Waals surface area contributed by atoms with Crippen LogP contribution in [0.3, 0.4) is 0 Å². The quantitative estimate of drug-likeness (QED) is 0.489. The molecule has 0 bridgehead atoms. The van der Waals surface area contributed by atoms with Gasteiger partial charge in [-0.15, -0.1) is 4.91 Å². The number of pyridine rings is 1. The van der Waals surface area contributed by atoms with Crippen LogP contribution in [0.15, 0.2) is 41.7 Å². The van der Waals surface area contributed by atoms with Gasteiger partial charge in [0.1, 0.15) is 17.2 Å². The third-order valence-corrected chi connectivity index (χ3v) is 3.63. The summed E-state index contributed by atoms with van der Waals surface area (Å²) >= 11 is 0. The Morgan fingerprint density at radius 2 is 2.05 bits per heavy atom. The molecule has 0 radical (unpaired) electrons. The van der Waals surface area contributed by atoms with Crippen LogP contribution in [0.4, 0.5) is 10.1 Å². The van der Waals surface area contributed by atoms with Crippen molar-refractivity contribution in [1.82, 2.24) is 15.0 Å². The lowest BCUT2D eigenvalue weighted by Gasteiger charge is -1.98. The van der Waals surface area contributed by atoms with Crippen molar-refractivity contribution in [2.75, 3.05) is 0 Å². The molecule has 0 aliphatic carbocycles. The van der Waals surface area contributed by atoms with E-state index in [0.717, 1.165) is 0 Å². The average Bonchev–Trinajstić information content (AvgIpc) is 3.02. The Balaban J connectivity index is 2.11. The van der Waals surface area contributed by atoms with Gasteiger partial charge in [-0.3, -0.25) is 0 Å². The van der Waals surface area contributed by atoms with Crippen LogP contribution in [0.2, 0.25) is 0 Å². The first-order valence-electron chi connectivity index (χ1n) is 6.49. The van der Waals surface area contributed by atoms with Crippen molar-refractivity contribution in [3.8, 4) is 17.1 Å². The first kappa shape index (κ1) is 12.5. The maximum absolute atomic E-state index is 13.3. The second-order valence-corrected chi connectivity index (χ2v) is 4.88. The lowest BCUT2D eigenvalue weighted by molar-refractivity contribution is 0.460. The predicted octanol–water partition coefficient (Wildman–Crippen LogP) is 3.95. The van der Waals surface area contributed by atoms with Crippen LogP contribution in [0.25, 0.3) is 33.2 Å². The molecule has 4 aromatic rings. The molecule has 0 aliphatic rings. The molecule has 1 aromatic carbocycles. The first-order valence-corrected chi connectivity index (χ1v) is 6.49. The maximum Gasteiger partial charge on any atom is 0.199 e. The van der Waals surface area contributed by atoms with Gasteiger partial charge in [0.25, 0.3) is 0 Å². The Labute approximate surface area is 122 Å². The van der Waals surface area contributed by atoms with Gasteiger partial charge in [-0.05, 0) is 35.5 Å². The SMILES string of the molecule is O=Nc1c(-c2c(O)[nH]c3cc(F)ccc23)[nH]c2ncccc12. The molecule has 0 amide bonds. The molecular formula is C15H9FN4O2. The summed E-state index contributed by atoms with van der Waals surface area (Å²) in [5.74, 6) is -0.593. The van der Waals surface area contributed by atoms with Crippen LogP contribution < -0.4 is 0 Å². The molecule has 0 atom stereocenters. The zero-order valence-electron chi connectivity index (χ0n) is 11.1. The van der Waals surface area contributed by atoms with Gasteiger partial charge < -0.3 is 15.1 Å². The van der Waals surface area contributed by atoms with E-state index in [2.05, 4.69) is 20.1 Å². The fourth-order valence-corrected chi connectivity index (χ4v) is 2.69. The molecule has 0 spiro atoms. The monoisotopic (exact) mass is 296 g/mol. The molecule has 0 unspecified atom stereocenters. The molecule has 7 heteroatoms. The highest BCUT2D eigenvalue weighted by atomic mass is 19.1. The molecular weight excluding hydrogens is 287 g/mol. The molecule has 22 heavy (non-hydrogen) atoms. The van der Waals surface area contributed by atoms with E-state index in [4.69, 9.17) is 0 Å². The molecule has 3 heterocycles. The number of fused-ring (bicyclic) bond motifs is 2. The zero-order valence-corrected chi connectivity index (χ0v) is 11.1. The highest BCUT2D eigenvalue weighted by Gasteiger charge is 2.21. The predicted molar refractivity (Wildman–Crippen MR) is 80.5 cm³/mol. The van der Waals surface area contributed by atoms with Crippen LogP contribution in [0.1, 0.15) is 0 Å². The van der Waals surface area contributed by atoms with Gasteiger partial charge in [0.05, 0.1) is 16.8 Å². The number of nitroso groups, excluding NO2 is 1. The minimum atomic E-state index is -0.424. The number of rotatable bonds is 2. The molecule has 0 saturated heterocycles. The summed E-state index contributed by atoms with van der Waals surface area (Å²) in [6.07, 6.45) is 1.58. The number of nitrogens with zero attached hydrogens (tertiary/aromatic N) is 2.